The molecule has 0 fully saturated rings. The van der Waals surface area contributed by atoms with Crippen LogP contribution >= 0.6 is 15.9 Å². The van der Waals surface area contributed by atoms with Crippen LogP contribution in [0.5, 0.6) is 0 Å². The number of hydrogen-bond acceptors (Lipinski definition) is 2. The summed E-state index contributed by atoms with van der Waals surface area (Å²) in [6.07, 6.45) is 4.67. The fraction of sp³-hybridized carbons (Fsp3) is 0.312. The van der Waals surface area contributed by atoms with Gasteiger partial charge in [-0.05, 0) is 42.2 Å². The lowest BCUT2D eigenvalue weighted by molar-refractivity contribution is 0.653. The monoisotopic (exact) mass is 318 g/mol. The lowest BCUT2D eigenvalue weighted by Gasteiger charge is -2.11. The molecule has 0 saturated carbocycles. The first kappa shape index (κ1) is 14.2. The lowest BCUT2D eigenvalue weighted by atomic mass is 10.0. The zero-order chi connectivity index (χ0) is 13.7. The zero-order valence-electron chi connectivity index (χ0n) is 11.1. The van der Waals surface area contributed by atoms with Gasteiger partial charge in [0.25, 0.3) is 0 Å². The normalized spacial score (nSPS) is 12.4. The predicted molar refractivity (Wildman–Crippen MR) is 83.1 cm³/mol. The third-order valence-corrected chi connectivity index (χ3v) is 3.71. The van der Waals surface area contributed by atoms with Gasteiger partial charge in [-0.1, -0.05) is 41.1 Å². The molecule has 100 valence electrons. The second-order valence-electron chi connectivity index (χ2n) is 4.81. The number of nitrogens with two attached hydrogens (primary N) is 1. The van der Waals surface area contributed by atoms with E-state index in [4.69, 9.17) is 5.73 Å². The first-order chi connectivity index (χ1) is 9.17. The van der Waals surface area contributed by atoms with Crippen LogP contribution in [0.1, 0.15) is 23.7 Å². The van der Waals surface area contributed by atoms with Crippen molar-refractivity contribution in [1.82, 2.24) is 4.98 Å². The fourth-order valence-electron chi connectivity index (χ4n) is 2.05. The van der Waals surface area contributed by atoms with Crippen LogP contribution < -0.4 is 5.73 Å². The Bertz CT molecular complexity index is 505. The van der Waals surface area contributed by atoms with Gasteiger partial charge in [-0.15, -0.1) is 0 Å². The van der Waals surface area contributed by atoms with E-state index in [-0.39, 0.29) is 6.04 Å². The summed E-state index contributed by atoms with van der Waals surface area (Å²) in [6, 6.07) is 12.7. The van der Waals surface area contributed by atoms with Crippen molar-refractivity contribution >= 4 is 15.9 Å². The molecule has 2 nitrogen and oxygen atoms in total. The van der Waals surface area contributed by atoms with E-state index in [0.717, 1.165) is 29.4 Å². The van der Waals surface area contributed by atoms with Gasteiger partial charge in [-0.25, -0.2) is 0 Å². The van der Waals surface area contributed by atoms with Gasteiger partial charge in [0, 0.05) is 28.8 Å². The third kappa shape index (κ3) is 4.44. The highest BCUT2D eigenvalue weighted by Gasteiger charge is 2.06. The van der Waals surface area contributed by atoms with Crippen LogP contribution in [0, 0.1) is 0 Å². The summed E-state index contributed by atoms with van der Waals surface area (Å²) < 4.78 is 1.10. The SMILES string of the molecule is CCc1ccc(CC(N)Cc2ccc(Br)cc2)nc1. The van der Waals surface area contributed by atoms with Gasteiger partial charge in [0.15, 0.2) is 0 Å². The molecule has 0 radical (unpaired) electrons. The van der Waals surface area contributed by atoms with Gasteiger partial charge in [0.05, 0.1) is 0 Å². The van der Waals surface area contributed by atoms with Crippen LogP contribution in [0.2, 0.25) is 0 Å². The summed E-state index contributed by atoms with van der Waals surface area (Å²) in [5.74, 6) is 0. The maximum absolute atomic E-state index is 6.19. The fourth-order valence-corrected chi connectivity index (χ4v) is 2.31. The molecular formula is C16H19BrN2. The van der Waals surface area contributed by atoms with Crippen molar-refractivity contribution in [2.45, 2.75) is 32.2 Å². The lowest BCUT2D eigenvalue weighted by Crippen LogP contribution is -2.25. The van der Waals surface area contributed by atoms with Crippen LogP contribution in [-0.2, 0) is 19.3 Å². The van der Waals surface area contributed by atoms with Crippen molar-refractivity contribution in [3.8, 4) is 0 Å². The van der Waals surface area contributed by atoms with Gasteiger partial charge in [-0.3, -0.25) is 4.98 Å². The van der Waals surface area contributed by atoms with Crippen molar-refractivity contribution in [3.63, 3.8) is 0 Å². The van der Waals surface area contributed by atoms with Gasteiger partial charge in [0.1, 0.15) is 0 Å². The highest BCUT2D eigenvalue weighted by atomic mass is 79.9. The Morgan fingerprint density at radius 2 is 1.74 bits per heavy atom. The molecule has 1 aromatic heterocycles. The first-order valence-electron chi connectivity index (χ1n) is 6.61. The number of halogens is 1. The molecule has 1 atom stereocenters. The van der Waals surface area contributed by atoms with Crippen LogP contribution in [0.15, 0.2) is 47.1 Å². The molecule has 1 aromatic carbocycles. The average molecular weight is 319 g/mol. The summed E-state index contributed by atoms with van der Waals surface area (Å²) in [6.45, 7) is 2.13. The van der Waals surface area contributed by atoms with Crippen LogP contribution in [0.25, 0.3) is 0 Å². The van der Waals surface area contributed by atoms with Gasteiger partial charge < -0.3 is 5.73 Å². The molecule has 0 spiro atoms. The molecule has 2 aromatic rings. The van der Waals surface area contributed by atoms with E-state index in [9.17, 15) is 0 Å². The quantitative estimate of drug-likeness (QED) is 0.916. The van der Waals surface area contributed by atoms with Gasteiger partial charge in [-0.2, -0.15) is 0 Å². The first-order valence-corrected chi connectivity index (χ1v) is 7.40. The van der Waals surface area contributed by atoms with Gasteiger partial charge in [0.2, 0.25) is 0 Å². The minimum atomic E-state index is 0.112. The minimum Gasteiger partial charge on any atom is -0.327 e. The van der Waals surface area contributed by atoms with Crippen molar-refractivity contribution in [2.75, 3.05) is 0 Å². The molecule has 0 aliphatic rings. The standard InChI is InChI=1S/C16H19BrN2/c1-2-12-5-8-16(19-11-12)10-15(18)9-13-3-6-14(17)7-4-13/h3-8,11,15H,2,9-10,18H2,1H3. The number of pyridine rings is 1. The van der Waals surface area contributed by atoms with Crippen LogP contribution in [0.4, 0.5) is 0 Å². The van der Waals surface area contributed by atoms with E-state index in [1.165, 1.54) is 11.1 Å². The molecular weight excluding hydrogens is 300 g/mol. The molecule has 3 heteroatoms. The van der Waals surface area contributed by atoms with E-state index < -0.39 is 0 Å². The molecule has 0 aliphatic heterocycles. The number of aromatic nitrogens is 1. The van der Waals surface area contributed by atoms with E-state index in [1.54, 1.807) is 0 Å². The molecule has 2 N–H and O–H groups in total. The molecule has 0 saturated heterocycles. The minimum absolute atomic E-state index is 0.112. The Labute approximate surface area is 123 Å². The second-order valence-corrected chi connectivity index (χ2v) is 5.72. The van der Waals surface area contributed by atoms with Crippen molar-refractivity contribution in [1.29, 1.82) is 0 Å². The Morgan fingerprint density at radius 1 is 1.05 bits per heavy atom. The van der Waals surface area contributed by atoms with Crippen molar-refractivity contribution in [2.24, 2.45) is 5.73 Å². The van der Waals surface area contributed by atoms with Crippen LogP contribution in [0.3, 0.4) is 0 Å². The highest BCUT2D eigenvalue weighted by molar-refractivity contribution is 9.10. The molecule has 1 heterocycles. The smallest absolute Gasteiger partial charge is 0.0419 e. The summed E-state index contributed by atoms with van der Waals surface area (Å²) in [4.78, 5) is 4.46. The van der Waals surface area contributed by atoms with E-state index >= 15 is 0 Å². The molecule has 0 aliphatic carbocycles. The average Bonchev–Trinajstić information content (AvgIpc) is 2.42. The van der Waals surface area contributed by atoms with E-state index in [2.05, 4.69) is 64.2 Å². The zero-order valence-corrected chi connectivity index (χ0v) is 12.7. The molecule has 19 heavy (non-hydrogen) atoms. The Balaban J connectivity index is 1.92. The second kappa shape index (κ2) is 6.83. The van der Waals surface area contributed by atoms with E-state index in [1.807, 2.05) is 6.20 Å². The van der Waals surface area contributed by atoms with Crippen LogP contribution in [-0.4, -0.2) is 11.0 Å². The largest absolute Gasteiger partial charge is 0.327 e. The summed E-state index contributed by atoms with van der Waals surface area (Å²) >= 11 is 3.44. The maximum Gasteiger partial charge on any atom is 0.0419 e. The number of nitrogens with zero attached hydrogens (tertiary/aromatic N) is 1. The predicted octanol–water partition coefficient (Wildman–Crippen LogP) is 3.52. The van der Waals surface area contributed by atoms with E-state index in [0.29, 0.717) is 0 Å². The Hall–Kier alpha value is -1.19. The van der Waals surface area contributed by atoms with Gasteiger partial charge >= 0.3 is 0 Å². The third-order valence-electron chi connectivity index (χ3n) is 3.18. The Morgan fingerprint density at radius 3 is 2.32 bits per heavy atom. The number of aryl methyl sites for hydroxylation is 1. The Kier molecular flexibility index (Phi) is 5.11. The molecule has 0 amide bonds. The number of rotatable bonds is 5. The molecule has 2 rings (SSSR count). The summed E-state index contributed by atoms with van der Waals surface area (Å²) in [5, 5.41) is 0. The highest BCUT2D eigenvalue weighted by Crippen LogP contribution is 2.12. The topological polar surface area (TPSA) is 38.9 Å². The van der Waals surface area contributed by atoms with Crippen molar-refractivity contribution in [3.05, 3.63) is 63.9 Å². The summed E-state index contributed by atoms with van der Waals surface area (Å²) in [5.41, 5.74) is 9.80. The number of benzene rings is 1. The molecule has 0 bridgehead atoms. The number of hydrogen-bond donors (Lipinski definition) is 1. The maximum atomic E-state index is 6.19. The van der Waals surface area contributed by atoms with Crippen molar-refractivity contribution < 1.29 is 0 Å². The summed E-state index contributed by atoms with van der Waals surface area (Å²) in [7, 11) is 0. The molecule has 1 unspecified atom stereocenters.